The highest BCUT2D eigenvalue weighted by molar-refractivity contribution is 6.08. The van der Waals surface area contributed by atoms with Gasteiger partial charge in [0, 0.05) is 12.7 Å². The number of aryl methyl sites for hydroxylation is 2. The van der Waals surface area contributed by atoms with E-state index in [2.05, 4.69) is 5.10 Å². The molecule has 1 aromatic carbocycles. The second-order valence-electron chi connectivity index (χ2n) is 5.91. The fourth-order valence-electron chi connectivity index (χ4n) is 2.62. The maximum atomic E-state index is 12.9. The Morgan fingerprint density at radius 2 is 1.96 bits per heavy atom. The van der Waals surface area contributed by atoms with Gasteiger partial charge in [-0.3, -0.25) is 9.48 Å². The van der Waals surface area contributed by atoms with E-state index >= 15 is 0 Å². The lowest BCUT2D eigenvalue weighted by atomic mass is 10.1. The Labute approximate surface area is 150 Å². The molecule has 0 fully saturated rings. The van der Waals surface area contributed by atoms with Crippen LogP contribution in [0.15, 0.2) is 46.9 Å². The van der Waals surface area contributed by atoms with Crippen molar-refractivity contribution < 1.29 is 18.3 Å². The summed E-state index contributed by atoms with van der Waals surface area (Å²) in [5, 5.41) is 4.25. The third-order valence-corrected chi connectivity index (χ3v) is 4.03. The molecule has 2 heterocycles. The third-order valence-electron chi connectivity index (χ3n) is 4.03. The number of ketones is 1. The topological polar surface area (TPSA) is 57.3 Å². The molecule has 6 heteroatoms. The van der Waals surface area contributed by atoms with Gasteiger partial charge in [-0.05, 0) is 62.4 Å². The first-order valence-electron chi connectivity index (χ1n) is 8.13. The first kappa shape index (κ1) is 17.7. The van der Waals surface area contributed by atoms with Gasteiger partial charge in [0.1, 0.15) is 29.7 Å². The number of hydrogen-bond donors (Lipinski definition) is 0. The van der Waals surface area contributed by atoms with E-state index in [4.69, 9.17) is 9.15 Å². The molecule has 26 heavy (non-hydrogen) atoms. The van der Waals surface area contributed by atoms with Crippen LogP contribution in [0.5, 0.6) is 5.75 Å². The van der Waals surface area contributed by atoms with Crippen LogP contribution in [0.4, 0.5) is 4.39 Å². The van der Waals surface area contributed by atoms with E-state index in [9.17, 15) is 9.18 Å². The van der Waals surface area contributed by atoms with E-state index in [1.165, 1.54) is 18.2 Å². The van der Waals surface area contributed by atoms with Gasteiger partial charge in [-0.15, -0.1) is 0 Å². The van der Waals surface area contributed by atoms with Crippen LogP contribution < -0.4 is 4.74 Å². The molecule has 0 saturated heterocycles. The summed E-state index contributed by atoms with van der Waals surface area (Å²) in [5.74, 6) is 1.28. The molecule has 5 nitrogen and oxygen atoms in total. The standard InChI is InChI=1S/C20H19FN2O3/c1-13-20(14(2)23(3)22-13)19(24)11-10-17-8-9-18(26-17)12-25-16-6-4-15(21)5-7-16/h4-11H,12H2,1-3H3/b11-10+. The Morgan fingerprint density at radius 3 is 2.62 bits per heavy atom. The Balaban J connectivity index is 1.63. The van der Waals surface area contributed by atoms with Crippen molar-refractivity contribution in [3.8, 4) is 5.75 Å². The van der Waals surface area contributed by atoms with E-state index in [1.807, 2.05) is 20.9 Å². The van der Waals surface area contributed by atoms with Crippen LogP contribution in [0.25, 0.3) is 6.08 Å². The molecule has 0 amide bonds. The van der Waals surface area contributed by atoms with Gasteiger partial charge in [0.2, 0.25) is 0 Å². The summed E-state index contributed by atoms with van der Waals surface area (Å²) in [4.78, 5) is 12.4. The van der Waals surface area contributed by atoms with Gasteiger partial charge in [-0.2, -0.15) is 5.10 Å². The molecule has 0 aliphatic rings. The molecule has 0 radical (unpaired) electrons. The van der Waals surface area contributed by atoms with E-state index in [0.717, 1.165) is 5.69 Å². The van der Waals surface area contributed by atoms with Crippen LogP contribution in [-0.2, 0) is 13.7 Å². The van der Waals surface area contributed by atoms with Crippen LogP contribution >= 0.6 is 0 Å². The number of carbonyl (C=O) groups is 1. The molecule has 0 atom stereocenters. The first-order chi connectivity index (χ1) is 12.4. The maximum absolute atomic E-state index is 12.9. The van der Waals surface area contributed by atoms with Gasteiger partial charge in [0.05, 0.1) is 11.3 Å². The molecular formula is C20H19FN2O3. The molecule has 0 bridgehead atoms. The predicted octanol–water partition coefficient (Wildman–Crippen LogP) is 4.24. The highest BCUT2D eigenvalue weighted by atomic mass is 19.1. The van der Waals surface area contributed by atoms with Crippen LogP contribution in [0, 0.1) is 19.7 Å². The summed E-state index contributed by atoms with van der Waals surface area (Å²) in [7, 11) is 1.81. The molecule has 0 N–H and O–H groups in total. The van der Waals surface area contributed by atoms with E-state index in [1.54, 1.807) is 35.0 Å². The molecular weight excluding hydrogens is 335 g/mol. The third kappa shape index (κ3) is 3.91. The van der Waals surface area contributed by atoms with Crippen molar-refractivity contribution >= 4 is 11.9 Å². The van der Waals surface area contributed by atoms with Crippen molar-refractivity contribution in [2.24, 2.45) is 7.05 Å². The zero-order valence-corrected chi connectivity index (χ0v) is 14.8. The van der Waals surface area contributed by atoms with Crippen molar-refractivity contribution in [2.45, 2.75) is 20.5 Å². The number of ether oxygens (including phenoxy) is 1. The number of furan rings is 1. The van der Waals surface area contributed by atoms with Gasteiger partial charge in [0.25, 0.3) is 0 Å². The number of allylic oxidation sites excluding steroid dienone is 1. The van der Waals surface area contributed by atoms with Crippen LogP contribution in [0.2, 0.25) is 0 Å². The van der Waals surface area contributed by atoms with Gasteiger partial charge in [0.15, 0.2) is 5.78 Å². The zero-order chi connectivity index (χ0) is 18.7. The molecule has 0 unspecified atom stereocenters. The Kier molecular flexibility index (Phi) is 5.02. The SMILES string of the molecule is Cc1nn(C)c(C)c1C(=O)/C=C/c1ccc(COc2ccc(F)cc2)o1. The van der Waals surface area contributed by atoms with Crippen molar-refractivity contribution in [1.29, 1.82) is 0 Å². The summed E-state index contributed by atoms with van der Waals surface area (Å²) in [6.45, 7) is 3.89. The largest absolute Gasteiger partial charge is 0.486 e. The van der Waals surface area contributed by atoms with Crippen LogP contribution in [0.3, 0.4) is 0 Å². The normalized spacial score (nSPS) is 11.2. The maximum Gasteiger partial charge on any atom is 0.189 e. The summed E-state index contributed by atoms with van der Waals surface area (Å²) in [6, 6.07) is 9.30. The number of nitrogens with zero attached hydrogens (tertiary/aromatic N) is 2. The molecule has 0 spiro atoms. The summed E-state index contributed by atoms with van der Waals surface area (Å²) < 4.78 is 25.7. The zero-order valence-electron chi connectivity index (χ0n) is 14.8. The fraction of sp³-hybridized carbons (Fsp3) is 0.200. The van der Waals surface area contributed by atoms with Crippen LogP contribution in [-0.4, -0.2) is 15.6 Å². The molecule has 3 aromatic rings. The number of hydrogen-bond acceptors (Lipinski definition) is 4. The van der Waals surface area contributed by atoms with E-state index in [0.29, 0.717) is 28.5 Å². The summed E-state index contributed by atoms with van der Waals surface area (Å²) in [5.41, 5.74) is 2.13. The van der Waals surface area contributed by atoms with E-state index < -0.39 is 0 Å². The number of rotatable bonds is 6. The highest BCUT2D eigenvalue weighted by Gasteiger charge is 2.15. The second-order valence-corrected chi connectivity index (χ2v) is 5.91. The van der Waals surface area contributed by atoms with Gasteiger partial charge in [-0.1, -0.05) is 0 Å². The number of halogens is 1. The average Bonchev–Trinajstić information content (AvgIpc) is 3.17. The quantitative estimate of drug-likeness (QED) is 0.491. The number of benzene rings is 1. The molecule has 2 aromatic heterocycles. The smallest absolute Gasteiger partial charge is 0.189 e. The van der Waals surface area contributed by atoms with Gasteiger partial charge < -0.3 is 9.15 Å². The minimum Gasteiger partial charge on any atom is -0.486 e. The fourth-order valence-corrected chi connectivity index (χ4v) is 2.62. The second kappa shape index (κ2) is 7.39. The average molecular weight is 354 g/mol. The lowest BCUT2D eigenvalue weighted by Crippen LogP contribution is -1.99. The van der Waals surface area contributed by atoms with Crippen LogP contribution in [0.1, 0.15) is 33.3 Å². The molecule has 0 aliphatic carbocycles. The molecule has 134 valence electrons. The summed E-state index contributed by atoms with van der Waals surface area (Å²) in [6.07, 6.45) is 3.09. The minimum atomic E-state index is -0.313. The number of aromatic nitrogens is 2. The highest BCUT2D eigenvalue weighted by Crippen LogP contribution is 2.17. The molecule has 0 saturated carbocycles. The van der Waals surface area contributed by atoms with E-state index in [-0.39, 0.29) is 18.2 Å². The number of carbonyl (C=O) groups excluding carboxylic acids is 1. The summed E-state index contributed by atoms with van der Waals surface area (Å²) >= 11 is 0. The Hall–Kier alpha value is -3.15. The lowest BCUT2D eigenvalue weighted by Gasteiger charge is -2.03. The minimum absolute atomic E-state index is 0.117. The molecule has 0 aliphatic heterocycles. The van der Waals surface area contributed by atoms with Crippen molar-refractivity contribution in [3.63, 3.8) is 0 Å². The van der Waals surface area contributed by atoms with Gasteiger partial charge >= 0.3 is 0 Å². The first-order valence-corrected chi connectivity index (χ1v) is 8.13. The van der Waals surface area contributed by atoms with Crippen molar-refractivity contribution in [3.05, 3.63) is 76.8 Å². The monoisotopic (exact) mass is 354 g/mol. The predicted molar refractivity (Wildman–Crippen MR) is 95.5 cm³/mol. The Bertz CT molecular complexity index is 952. The lowest BCUT2D eigenvalue weighted by molar-refractivity contribution is 0.104. The van der Waals surface area contributed by atoms with Crippen molar-refractivity contribution in [1.82, 2.24) is 9.78 Å². The Morgan fingerprint density at radius 1 is 1.23 bits per heavy atom. The van der Waals surface area contributed by atoms with Crippen molar-refractivity contribution in [2.75, 3.05) is 0 Å². The molecule has 3 rings (SSSR count). The van der Waals surface area contributed by atoms with Gasteiger partial charge in [-0.25, -0.2) is 4.39 Å².